The Morgan fingerprint density at radius 2 is 0.648 bits per heavy atom. The van der Waals surface area contributed by atoms with Crippen LogP contribution in [0.25, 0.3) is 11.1 Å². The predicted octanol–water partition coefficient (Wildman–Crippen LogP) is 14.4. The van der Waals surface area contributed by atoms with Crippen molar-refractivity contribution in [2.75, 3.05) is 52.5 Å². The summed E-state index contributed by atoms with van der Waals surface area (Å²) < 4.78 is 12.4. The van der Waals surface area contributed by atoms with Gasteiger partial charge < -0.3 is 19.3 Å². The average molecular weight is 749 g/mol. The van der Waals surface area contributed by atoms with Gasteiger partial charge in [0, 0.05) is 13.2 Å². The molecule has 0 heterocycles. The molecule has 0 amide bonds. The van der Waals surface area contributed by atoms with E-state index in [1.807, 2.05) is 0 Å². The number of benzene rings is 2. The standard InChI is InChI=1S/C50H88N2O2/c1-5-9-13-17-19-23-37-51(35-21-15-11-7-3)39-25-27-41-53-45-47-31-29-33-49(43-47)50-34-30-32-48(44-50)46-54-42-28-26-40-52(36-22-16-12-8-4)38-24-20-18-14-10-6-2/h29-34,43-44H,5-28,35-42,45-46H2,1-4H3. The molecule has 0 radical (unpaired) electrons. The van der Waals surface area contributed by atoms with Gasteiger partial charge in [-0.1, -0.05) is 167 Å². The van der Waals surface area contributed by atoms with Gasteiger partial charge >= 0.3 is 0 Å². The highest BCUT2D eigenvalue weighted by molar-refractivity contribution is 5.64. The second-order valence-corrected chi connectivity index (χ2v) is 16.3. The summed E-state index contributed by atoms with van der Waals surface area (Å²) in [5.41, 5.74) is 5.03. The number of nitrogens with zero attached hydrogens (tertiary/aromatic N) is 2. The van der Waals surface area contributed by atoms with E-state index in [1.54, 1.807) is 0 Å². The molecule has 54 heavy (non-hydrogen) atoms. The molecule has 0 saturated carbocycles. The summed E-state index contributed by atoms with van der Waals surface area (Å²) in [5, 5.41) is 0. The summed E-state index contributed by atoms with van der Waals surface area (Å²) in [6.45, 7) is 19.8. The maximum Gasteiger partial charge on any atom is 0.0717 e. The van der Waals surface area contributed by atoms with Crippen LogP contribution in [-0.2, 0) is 22.7 Å². The van der Waals surface area contributed by atoms with E-state index in [0.717, 1.165) is 26.1 Å². The van der Waals surface area contributed by atoms with Crippen LogP contribution in [0.5, 0.6) is 0 Å². The summed E-state index contributed by atoms with van der Waals surface area (Å²) in [6.07, 6.45) is 32.2. The summed E-state index contributed by atoms with van der Waals surface area (Å²) in [5.74, 6) is 0. The fourth-order valence-corrected chi connectivity index (χ4v) is 7.57. The van der Waals surface area contributed by atoms with Gasteiger partial charge in [0.1, 0.15) is 0 Å². The monoisotopic (exact) mass is 749 g/mol. The molecule has 0 aliphatic carbocycles. The molecule has 0 fully saturated rings. The van der Waals surface area contributed by atoms with Crippen molar-refractivity contribution >= 4 is 0 Å². The Labute approximate surface area is 336 Å². The van der Waals surface area contributed by atoms with Gasteiger partial charge in [0.15, 0.2) is 0 Å². The van der Waals surface area contributed by atoms with Crippen LogP contribution in [0.1, 0.15) is 193 Å². The van der Waals surface area contributed by atoms with Crippen molar-refractivity contribution in [3.05, 3.63) is 59.7 Å². The molecule has 2 aromatic carbocycles. The Bertz CT molecular complexity index is 1000. The summed E-state index contributed by atoms with van der Waals surface area (Å²) in [7, 11) is 0. The topological polar surface area (TPSA) is 24.9 Å². The molecule has 4 nitrogen and oxygen atoms in total. The minimum Gasteiger partial charge on any atom is -0.377 e. The van der Waals surface area contributed by atoms with Crippen LogP contribution in [0.3, 0.4) is 0 Å². The van der Waals surface area contributed by atoms with Gasteiger partial charge in [0.25, 0.3) is 0 Å². The molecule has 0 atom stereocenters. The third kappa shape index (κ3) is 26.2. The van der Waals surface area contributed by atoms with Crippen molar-refractivity contribution in [3.8, 4) is 11.1 Å². The molecule has 0 bridgehead atoms. The zero-order valence-electron chi connectivity index (χ0n) is 36.4. The third-order valence-electron chi connectivity index (χ3n) is 11.1. The molecular weight excluding hydrogens is 661 g/mol. The molecular formula is C50H88N2O2. The molecule has 0 aromatic heterocycles. The average Bonchev–Trinajstić information content (AvgIpc) is 3.19. The lowest BCUT2D eigenvalue weighted by Crippen LogP contribution is -2.27. The highest BCUT2D eigenvalue weighted by Gasteiger charge is 2.08. The van der Waals surface area contributed by atoms with E-state index >= 15 is 0 Å². The van der Waals surface area contributed by atoms with Crippen molar-refractivity contribution in [1.29, 1.82) is 0 Å². The zero-order valence-corrected chi connectivity index (χ0v) is 36.4. The summed E-state index contributed by atoms with van der Waals surface area (Å²) in [6, 6.07) is 17.8. The van der Waals surface area contributed by atoms with E-state index in [2.05, 4.69) is 86.0 Å². The van der Waals surface area contributed by atoms with Gasteiger partial charge in [-0.25, -0.2) is 0 Å². The highest BCUT2D eigenvalue weighted by Crippen LogP contribution is 2.23. The Morgan fingerprint density at radius 3 is 1.00 bits per heavy atom. The number of ether oxygens (including phenoxy) is 2. The lowest BCUT2D eigenvalue weighted by Gasteiger charge is -2.22. The molecule has 4 heteroatoms. The van der Waals surface area contributed by atoms with E-state index in [0.29, 0.717) is 13.2 Å². The fourth-order valence-electron chi connectivity index (χ4n) is 7.57. The number of unbranched alkanes of at least 4 members (excludes halogenated alkanes) is 18. The molecule has 2 rings (SSSR count). The van der Waals surface area contributed by atoms with Crippen LogP contribution in [-0.4, -0.2) is 62.3 Å². The van der Waals surface area contributed by atoms with Crippen molar-refractivity contribution in [1.82, 2.24) is 9.80 Å². The smallest absolute Gasteiger partial charge is 0.0717 e. The third-order valence-corrected chi connectivity index (χ3v) is 11.1. The van der Waals surface area contributed by atoms with Gasteiger partial charge in [-0.2, -0.15) is 0 Å². The molecule has 2 aromatic rings. The molecule has 0 spiro atoms. The van der Waals surface area contributed by atoms with E-state index in [1.165, 1.54) is 203 Å². The van der Waals surface area contributed by atoms with Crippen molar-refractivity contribution in [2.45, 2.75) is 195 Å². The fraction of sp³-hybridized carbons (Fsp3) is 0.760. The lowest BCUT2D eigenvalue weighted by atomic mass is 10.0. The molecule has 0 aliphatic rings. The quantitative estimate of drug-likeness (QED) is 0.0636. The Hall–Kier alpha value is -1.72. The number of hydrogen-bond donors (Lipinski definition) is 0. The van der Waals surface area contributed by atoms with Crippen LogP contribution >= 0.6 is 0 Å². The first-order valence-corrected chi connectivity index (χ1v) is 23.5. The van der Waals surface area contributed by atoms with E-state index in [-0.39, 0.29) is 0 Å². The summed E-state index contributed by atoms with van der Waals surface area (Å²) >= 11 is 0. The van der Waals surface area contributed by atoms with Crippen molar-refractivity contribution in [3.63, 3.8) is 0 Å². The van der Waals surface area contributed by atoms with Crippen molar-refractivity contribution < 1.29 is 9.47 Å². The number of rotatable bonds is 39. The first-order chi connectivity index (χ1) is 26.7. The van der Waals surface area contributed by atoms with Crippen LogP contribution < -0.4 is 0 Å². The van der Waals surface area contributed by atoms with Crippen molar-refractivity contribution in [2.24, 2.45) is 0 Å². The van der Waals surface area contributed by atoms with Gasteiger partial charge in [0.2, 0.25) is 0 Å². The Balaban J connectivity index is 1.69. The van der Waals surface area contributed by atoms with Gasteiger partial charge in [0.05, 0.1) is 13.2 Å². The van der Waals surface area contributed by atoms with Gasteiger partial charge in [-0.15, -0.1) is 0 Å². The largest absolute Gasteiger partial charge is 0.377 e. The second-order valence-electron chi connectivity index (χ2n) is 16.3. The van der Waals surface area contributed by atoms with E-state index < -0.39 is 0 Å². The van der Waals surface area contributed by atoms with E-state index in [9.17, 15) is 0 Å². The molecule has 0 aliphatic heterocycles. The lowest BCUT2D eigenvalue weighted by molar-refractivity contribution is 0.113. The normalized spacial score (nSPS) is 11.7. The SMILES string of the molecule is CCCCCCCCN(CCCCCC)CCCCOCc1cccc(-c2cccc(COCCCCN(CCCCCC)CCCCCCCC)c2)c1. The minimum atomic E-state index is 0.685. The van der Waals surface area contributed by atoms with Crippen LogP contribution in [0.2, 0.25) is 0 Å². The summed E-state index contributed by atoms with van der Waals surface area (Å²) in [4.78, 5) is 5.47. The van der Waals surface area contributed by atoms with Crippen LogP contribution in [0.4, 0.5) is 0 Å². The molecule has 0 N–H and O–H groups in total. The second kappa shape index (κ2) is 35.7. The maximum atomic E-state index is 6.19. The Kier molecular flexibility index (Phi) is 32.0. The molecule has 310 valence electrons. The molecule has 0 unspecified atom stereocenters. The first kappa shape index (κ1) is 48.4. The van der Waals surface area contributed by atoms with Gasteiger partial charge in [-0.05, 0) is 125 Å². The zero-order chi connectivity index (χ0) is 38.6. The maximum absolute atomic E-state index is 6.19. The van der Waals surface area contributed by atoms with E-state index in [4.69, 9.17) is 9.47 Å². The van der Waals surface area contributed by atoms with Crippen LogP contribution in [0, 0.1) is 0 Å². The van der Waals surface area contributed by atoms with Gasteiger partial charge in [-0.3, -0.25) is 0 Å². The molecule has 0 saturated heterocycles. The predicted molar refractivity (Wildman–Crippen MR) is 238 cm³/mol. The van der Waals surface area contributed by atoms with Crippen LogP contribution in [0.15, 0.2) is 48.5 Å². The number of hydrogen-bond acceptors (Lipinski definition) is 4. The minimum absolute atomic E-state index is 0.685. The Morgan fingerprint density at radius 1 is 0.352 bits per heavy atom. The first-order valence-electron chi connectivity index (χ1n) is 23.5. The highest BCUT2D eigenvalue weighted by atomic mass is 16.5.